The van der Waals surface area contributed by atoms with Gasteiger partial charge in [0.1, 0.15) is 3.70 Å². The Morgan fingerprint density at radius 1 is 1.25 bits per heavy atom. The topological polar surface area (TPSA) is 50.1 Å². The summed E-state index contributed by atoms with van der Waals surface area (Å²) in [6, 6.07) is 8.94. The molecule has 1 aliphatic heterocycles. The van der Waals surface area contributed by atoms with Crippen LogP contribution in [-0.4, -0.2) is 46.4 Å². The number of likely N-dealkylation sites (N-methyl/N-ethyl adjacent to an activating group) is 2. The Hall–Kier alpha value is -1.90. The monoisotopic (exact) mass is 434 g/mol. The Balaban J connectivity index is 1.67. The third-order valence-corrected chi connectivity index (χ3v) is 5.53. The number of halogens is 1. The second-order valence-corrected chi connectivity index (χ2v) is 7.32. The van der Waals surface area contributed by atoms with E-state index in [1.54, 1.807) is 0 Å². The molecule has 0 amide bonds. The van der Waals surface area contributed by atoms with Gasteiger partial charge in [-0.2, -0.15) is 10.1 Å². The van der Waals surface area contributed by atoms with Crippen molar-refractivity contribution in [1.82, 2.24) is 19.7 Å². The quantitative estimate of drug-likeness (QED) is 0.581. The minimum Gasteiger partial charge on any atom is -0.372 e. The maximum atomic E-state index is 4.74. The van der Waals surface area contributed by atoms with E-state index in [1.165, 1.54) is 11.3 Å². The van der Waals surface area contributed by atoms with Crippen molar-refractivity contribution in [2.24, 2.45) is 7.05 Å². The molecule has 3 aromatic rings. The molecule has 124 valence electrons. The Labute approximate surface area is 154 Å². The van der Waals surface area contributed by atoms with E-state index in [-0.39, 0.29) is 0 Å². The molecule has 1 aromatic carbocycles. The van der Waals surface area contributed by atoms with Gasteiger partial charge in [-0.3, -0.25) is 0 Å². The van der Waals surface area contributed by atoms with Crippen LogP contribution in [0.1, 0.15) is 5.56 Å². The van der Waals surface area contributed by atoms with E-state index in [2.05, 4.69) is 80.8 Å². The van der Waals surface area contributed by atoms with Crippen LogP contribution in [0.2, 0.25) is 0 Å². The first kappa shape index (κ1) is 15.6. The van der Waals surface area contributed by atoms with Gasteiger partial charge in [0.05, 0.1) is 11.4 Å². The van der Waals surface area contributed by atoms with Crippen molar-refractivity contribution in [3.8, 4) is 0 Å². The maximum Gasteiger partial charge on any atom is 0.227 e. The lowest BCUT2D eigenvalue weighted by atomic mass is 9.97. The maximum absolute atomic E-state index is 4.74. The lowest BCUT2D eigenvalue weighted by Gasteiger charge is -2.38. The number of nitrogens with zero attached hydrogens (tertiary/aromatic N) is 6. The molecule has 1 atom stereocenters. The predicted octanol–water partition coefficient (Wildman–Crippen LogP) is 2.47. The van der Waals surface area contributed by atoms with Crippen LogP contribution in [-0.2, 0) is 13.5 Å². The van der Waals surface area contributed by atoms with E-state index in [0.29, 0.717) is 6.04 Å². The van der Waals surface area contributed by atoms with Crippen LogP contribution in [0.25, 0.3) is 11.0 Å². The Kier molecular flexibility index (Phi) is 3.82. The van der Waals surface area contributed by atoms with Gasteiger partial charge in [-0.1, -0.05) is 18.2 Å². The smallest absolute Gasteiger partial charge is 0.227 e. The van der Waals surface area contributed by atoms with Gasteiger partial charge in [0.25, 0.3) is 0 Å². The van der Waals surface area contributed by atoms with Crippen molar-refractivity contribution in [2.45, 2.75) is 12.5 Å². The third-order valence-electron chi connectivity index (χ3n) is 4.73. The molecule has 24 heavy (non-hydrogen) atoms. The molecule has 1 aliphatic rings. The highest BCUT2D eigenvalue weighted by Crippen LogP contribution is 2.28. The predicted molar refractivity (Wildman–Crippen MR) is 105 cm³/mol. The summed E-state index contributed by atoms with van der Waals surface area (Å²) in [4.78, 5) is 13.8. The summed E-state index contributed by atoms with van der Waals surface area (Å²) >= 11 is 2.22. The number of rotatable bonds is 2. The molecule has 0 aliphatic carbocycles. The summed E-state index contributed by atoms with van der Waals surface area (Å²) in [6.45, 7) is 0.956. The lowest BCUT2D eigenvalue weighted by molar-refractivity contribution is 0.584. The average molecular weight is 434 g/mol. The first-order valence-electron chi connectivity index (χ1n) is 7.91. The number of benzene rings is 1. The van der Waals surface area contributed by atoms with E-state index < -0.39 is 0 Å². The van der Waals surface area contributed by atoms with Crippen molar-refractivity contribution < 1.29 is 0 Å². The fourth-order valence-corrected chi connectivity index (χ4v) is 4.07. The summed E-state index contributed by atoms with van der Waals surface area (Å²) in [6.07, 6.45) is 2.88. The van der Waals surface area contributed by atoms with Crippen LogP contribution in [0.5, 0.6) is 0 Å². The summed E-state index contributed by atoms with van der Waals surface area (Å²) < 4.78 is 2.75. The summed E-state index contributed by atoms with van der Waals surface area (Å²) in [7, 11) is 6.15. The molecule has 0 bridgehead atoms. The van der Waals surface area contributed by atoms with Gasteiger partial charge in [0.2, 0.25) is 5.95 Å². The van der Waals surface area contributed by atoms with Crippen molar-refractivity contribution in [1.29, 1.82) is 0 Å². The van der Waals surface area contributed by atoms with Crippen LogP contribution in [0, 0.1) is 3.70 Å². The second-order valence-electron chi connectivity index (χ2n) is 6.30. The highest BCUT2D eigenvalue weighted by molar-refractivity contribution is 14.1. The zero-order chi connectivity index (χ0) is 16.8. The van der Waals surface area contributed by atoms with Crippen LogP contribution in [0.4, 0.5) is 11.6 Å². The van der Waals surface area contributed by atoms with E-state index >= 15 is 0 Å². The van der Waals surface area contributed by atoms with Gasteiger partial charge in [0, 0.05) is 39.6 Å². The molecule has 2 aromatic heterocycles. The number of anilines is 2. The molecule has 0 saturated carbocycles. The van der Waals surface area contributed by atoms with Gasteiger partial charge in [-0.25, -0.2) is 9.67 Å². The SMILES string of the molecule is CN1CC(N(C)c2ncc3c(I)nn(C)c3n2)Cc2ccccc21. The normalized spacial score (nSPS) is 17.2. The van der Waals surface area contributed by atoms with Gasteiger partial charge in [-0.15, -0.1) is 0 Å². The first-order valence-corrected chi connectivity index (χ1v) is 8.99. The van der Waals surface area contributed by atoms with E-state index in [1.807, 2.05) is 17.9 Å². The van der Waals surface area contributed by atoms with Crippen LogP contribution in [0.15, 0.2) is 30.5 Å². The molecule has 4 rings (SSSR count). The van der Waals surface area contributed by atoms with Crippen LogP contribution >= 0.6 is 22.6 Å². The van der Waals surface area contributed by atoms with Gasteiger partial charge >= 0.3 is 0 Å². The number of hydrogen-bond acceptors (Lipinski definition) is 5. The largest absolute Gasteiger partial charge is 0.372 e. The fraction of sp³-hybridized carbons (Fsp3) is 0.353. The van der Waals surface area contributed by atoms with Gasteiger partial charge in [0.15, 0.2) is 5.65 Å². The molecule has 3 heterocycles. The Bertz CT molecular complexity index is 905. The minimum absolute atomic E-state index is 0.342. The first-order chi connectivity index (χ1) is 11.5. The number of para-hydroxylation sites is 1. The van der Waals surface area contributed by atoms with Crippen molar-refractivity contribution >= 4 is 45.3 Å². The summed E-state index contributed by atoms with van der Waals surface area (Å²) in [5.41, 5.74) is 3.57. The Morgan fingerprint density at radius 2 is 2.04 bits per heavy atom. The van der Waals surface area contributed by atoms with Crippen molar-refractivity contribution in [3.63, 3.8) is 0 Å². The molecule has 7 heteroatoms. The molecule has 0 radical (unpaired) electrons. The Morgan fingerprint density at radius 3 is 2.88 bits per heavy atom. The molecule has 0 spiro atoms. The standard InChI is InChI=1S/C17H19IN6/c1-22-10-12(8-11-6-4-5-7-14(11)22)23(2)17-19-9-13-15(18)21-24(3)16(13)20-17/h4-7,9,12H,8,10H2,1-3H3. The van der Waals surface area contributed by atoms with Gasteiger partial charge < -0.3 is 9.80 Å². The molecule has 0 saturated heterocycles. The molecule has 1 unspecified atom stereocenters. The molecule has 6 nitrogen and oxygen atoms in total. The van der Waals surface area contributed by atoms with Crippen LogP contribution < -0.4 is 9.80 Å². The van der Waals surface area contributed by atoms with Gasteiger partial charge in [-0.05, 0) is 40.6 Å². The third kappa shape index (κ3) is 2.51. The minimum atomic E-state index is 0.342. The number of aromatic nitrogens is 4. The highest BCUT2D eigenvalue weighted by atomic mass is 127. The number of fused-ring (bicyclic) bond motifs is 2. The fourth-order valence-electron chi connectivity index (χ4n) is 3.37. The zero-order valence-electron chi connectivity index (χ0n) is 13.9. The van der Waals surface area contributed by atoms with Crippen molar-refractivity contribution in [3.05, 3.63) is 39.7 Å². The second kappa shape index (κ2) is 5.87. The number of hydrogen-bond donors (Lipinski definition) is 0. The van der Waals surface area contributed by atoms with E-state index in [4.69, 9.17) is 4.98 Å². The molecule has 0 fully saturated rings. The molecular weight excluding hydrogens is 415 g/mol. The molecule has 0 N–H and O–H groups in total. The zero-order valence-corrected chi connectivity index (χ0v) is 16.1. The van der Waals surface area contributed by atoms with Crippen LogP contribution in [0.3, 0.4) is 0 Å². The lowest BCUT2D eigenvalue weighted by Crippen LogP contribution is -2.46. The highest BCUT2D eigenvalue weighted by Gasteiger charge is 2.26. The molecular formula is C17H19IN6. The van der Waals surface area contributed by atoms with E-state index in [0.717, 1.165) is 33.6 Å². The average Bonchev–Trinajstić information content (AvgIpc) is 2.88. The van der Waals surface area contributed by atoms with Crippen molar-refractivity contribution in [2.75, 3.05) is 30.4 Å². The number of aryl methyl sites for hydroxylation is 1. The summed E-state index contributed by atoms with van der Waals surface area (Å²) in [5, 5.41) is 5.42. The summed E-state index contributed by atoms with van der Waals surface area (Å²) in [5.74, 6) is 0.750. The van der Waals surface area contributed by atoms with E-state index in [9.17, 15) is 0 Å².